The number of primary amides is 1. The Hall–Kier alpha value is -2.38. The van der Waals surface area contributed by atoms with Crippen LogP contribution in [0.2, 0.25) is 0 Å². The van der Waals surface area contributed by atoms with Crippen LogP contribution in [0.5, 0.6) is 5.75 Å². The van der Waals surface area contributed by atoms with E-state index in [2.05, 4.69) is 4.72 Å². The Kier molecular flexibility index (Phi) is 3.83. The van der Waals surface area contributed by atoms with Gasteiger partial charge in [-0.25, -0.2) is 13.1 Å². The minimum Gasteiger partial charge on any atom is -0.491 e. The summed E-state index contributed by atoms with van der Waals surface area (Å²) >= 11 is 0. The van der Waals surface area contributed by atoms with Crippen molar-refractivity contribution in [2.75, 3.05) is 6.61 Å². The fourth-order valence-corrected chi connectivity index (χ4v) is 3.78. The van der Waals surface area contributed by atoms with Gasteiger partial charge in [-0.2, -0.15) is 0 Å². The number of carbonyl (C=O) groups is 1. The summed E-state index contributed by atoms with van der Waals surface area (Å²) in [5.74, 6) is 0.0102. The van der Waals surface area contributed by atoms with Crippen molar-refractivity contribution in [1.29, 1.82) is 0 Å². The molecule has 3 rings (SSSR count). The zero-order valence-electron chi connectivity index (χ0n) is 12.4. The molecule has 0 spiro atoms. The molecule has 1 amide bonds. The summed E-state index contributed by atoms with van der Waals surface area (Å²) in [4.78, 5) is 11.4. The van der Waals surface area contributed by atoms with Crippen LogP contribution in [0.25, 0.3) is 0 Å². The molecule has 1 atom stereocenters. The summed E-state index contributed by atoms with van der Waals surface area (Å²) in [6.45, 7) is 1.93. The largest absolute Gasteiger partial charge is 0.491 e. The molecule has 1 heterocycles. The highest BCUT2D eigenvalue weighted by atomic mass is 32.2. The Morgan fingerprint density at radius 3 is 2.74 bits per heavy atom. The second-order valence-electron chi connectivity index (χ2n) is 5.36. The van der Waals surface area contributed by atoms with Gasteiger partial charge >= 0.3 is 0 Å². The maximum absolute atomic E-state index is 12.6. The van der Waals surface area contributed by atoms with Crippen LogP contribution in [0.1, 0.15) is 27.5 Å². The predicted molar refractivity (Wildman–Crippen MR) is 84.7 cm³/mol. The summed E-state index contributed by atoms with van der Waals surface area (Å²) in [5.41, 5.74) is 6.89. The number of ether oxygens (including phenoxy) is 1. The minimum atomic E-state index is -3.80. The number of para-hydroxylation sites is 1. The van der Waals surface area contributed by atoms with Crippen LogP contribution >= 0.6 is 0 Å². The number of nitrogens with one attached hydrogen (secondary N) is 1. The summed E-state index contributed by atoms with van der Waals surface area (Å²) in [6.07, 6.45) is 0. The molecule has 1 unspecified atom stereocenters. The van der Waals surface area contributed by atoms with E-state index in [1.54, 1.807) is 19.1 Å². The quantitative estimate of drug-likeness (QED) is 0.886. The van der Waals surface area contributed by atoms with Crippen LogP contribution < -0.4 is 15.2 Å². The molecule has 0 saturated heterocycles. The van der Waals surface area contributed by atoms with Crippen molar-refractivity contribution in [3.8, 4) is 5.75 Å². The Morgan fingerprint density at radius 1 is 1.26 bits per heavy atom. The SMILES string of the molecule is Cc1ccc(S(=O)(=O)NC2COc3ccccc32)cc1C(N)=O. The van der Waals surface area contributed by atoms with E-state index in [1.807, 2.05) is 18.2 Å². The van der Waals surface area contributed by atoms with Crippen molar-refractivity contribution >= 4 is 15.9 Å². The maximum Gasteiger partial charge on any atom is 0.249 e. The number of hydrogen-bond donors (Lipinski definition) is 2. The van der Waals surface area contributed by atoms with E-state index in [4.69, 9.17) is 10.5 Å². The molecule has 1 aliphatic heterocycles. The van der Waals surface area contributed by atoms with E-state index in [1.165, 1.54) is 12.1 Å². The van der Waals surface area contributed by atoms with Gasteiger partial charge in [0, 0.05) is 11.1 Å². The third-order valence-corrected chi connectivity index (χ3v) is 5.25. The molecule has 7 heteroatoms. The Bertz CT molecular complexity index is 877. The average molecular weight is 332 g/mol. The van der Waals surface area contributed by atoms with Crippen LogP contribution in [0.3, 0.4) is 0 Å². The van der Waals surface area contributed by atoms with Crippen molar-refractivity contribution in [3.05, 3.63) is 59.2 Å². The van der Waals surface area contributed by atoms with E-state index in [9.17, 15) is 13.2 Å². The first-order chi connectivity index (χ1) is 10.9. The van der Waals surface area contributed by atoms with Crippen LogP contribution in [0.15, 0.2) is 47.4 Å². The number of carbonyl (C=O) groups excluding carboxylic acids is 1. The number of nitrogens with two attached hydrogens (primary N) is 1. The average Bonchev–Trinajstić information content (AvgIpc) is 2.90. The highest BCUT2D eigenvalue weighted by Gasteiger charge is 2.29. The van der Waals surface area contributed by atoms with Crippen LogP contribution in [0, 0.1) is 6.92 Å². The molecule has 0 aromatic heterocycles. The highest BCUT2D eigenvalue weighted by molar-refractivity contribution is 7.89. The van der Waals surface area contributed by atoms with Gasteiger partial charge in [-0.15, -0.1) is 0 Å². The first-order valence-corrected chi connectivity index (χ1v) is 8.51. The molecule has 3 N–H and O–H groups in total. The molecule has 0 bridgehead atoms. The molecule has 0 fully saturated rings. The first kappa shape index (κ1) is 15.5. The van der Waals surface area contributed by atoms with Gasteiger partial charge in [0.05, 0.1) is 10.9 Å². The molecule has 23 heavy (non-hydrogen) atoms. The summed E-state index contributed by atoms with van der Waals surface area (Å²) in [6, 6.07) is 11.1. The summed E-state index contributed by atoms with van der Waals surface area (Å²) in [7, 11) is -3.80. The molecule has 0 saturated carbocycles. The lowest BCUT2D eigenvalue weighted by Crippen LogP contribution is -2.30. The zero-order chi connectivity index (χ0) is 16.6. The summed E-state index contributed by atoms with van der Waals surface area (Å²) in [5, 5.41) is 0. The lowest BCUT2D eigenvalue weighted by atomic mass is 10.1. The number of rotatable bonds is 4. The molecule has 1 aliphatic rings. The minimum absolute atomic E-state index is 0.00119. The first-order valence-electron chi connectivity index (χ1n) is 7.03. The van der Waals surface area contributed by atoms with Crippen LogP contribution in [-0.4, -0.2) is 20.9 Å². The number of hydrogen-bond acceptors (Lipinski definition) is 4. The van der Waals surface area contributed by atoms with Crippen LogP contribution in [0.4, 0.5) is 0 Å². The molecular formula is C16H16N2O4S. The maximum atomic E-state index is 12.6. The van der Waals surface area contributed by atoms with Crippen molar-refractivity contribution in [2.45, 2.75) is 17.9 Å². The lowest BCUT2D eigenvalue weighted by Gasteiger charge is -2.13. The van der Waals surface area contributed by atoms with E-state index in [0.29, 0.717) is 11.3 Å². The Balaban J connectivity index is 1.92. The molecule has 120 valence electrons. The van der Waals surface area contributed by atoms with Crippen LogP contribution in [-0.2, 0) is 10.0 Å². The Morgan fingerprint density at radius 2 is 2.00 bits per heavy atom. The monoisotopic (exact) mass is 332 g/mol. The van der Waals surface area contributed by atoms with Crippen molar-refractivity contribution < 1.29 is 17.9 Å². The molecular weight excluding hydrogens is 316 g/mol. The second kappa shape index (κ2) is 5.68. The third-order valence-electron chi connectivity index (χ3n) is 3.78. The second-order valence-corrected chi connectivity index (χ2v) is 7.08. The van der Waals surface area contributed by atoms with Crippen molar-refractivity contribution in [3.63, 3.8) is 0 Å². The van der Waals surface area contributed by atoms with E-state index < -0.39 is 22.0 Å². The number of amides is 1. The topological polar surface area (TPSA) is 98.5 Å². The van der Waals surface area contributed by atoms with E-state index >= 15 is 0 Å². The molecule has 0 aliphatic carbocycles. The van der Waals surface area contributed by atoms with Crippen molar-refractivity contribution in [2.24, 2.45) is 5.73 Å². The molecule has 0 radical (unpaired) electrons. The number of fused-ring (bicyclic) bond motifs is 1. The normalized spacial score (nSPS) is 16.7. The lowest BCUT2D eigenvalue weighted by molar-refractivity contribution is 0.0999. The fourth-order valence-electron chi connectivity index (χ4n) is 2.55. The third kappa shape index (κ3) is 2.93. The molecule has 2 aromatic rings. The molecule has 6 nitrogen and oxygen atoms in total. The van der Waals surface area contributed by atoms with Gasteiger partial charge < -0.3 is 10.5 Å². The fraction of sp³-hybridized carbons (Fsp3) is 0.188. The van der Waals surface area contributed by atoms with Gasteiger partial charge in [0.1, 0.15) is 12.4 Å². The number of aryl methyl sites for hydroxylation is 1. The van der Waals surface area contributed by atoms with Gasteiger partial charge in [-0.3, -0.25) is 4.79 Å². The number of benzene rings is 2. The van der Waals surface area contributed by atoms with E-state index in [-0.39, 0.29) is 17.1 Å². The molecule has 2 aromatic carbocycles. The summed E-state index contributed by atoms with van der Waals surface area (Å²) < 4.78 is 33.2. The Labute approximate surface area is 134 Å². The van der Waals surface area contributed by atoms with Gasteiger partial charge in [-0.05, 0) is 30.7 Å². The van der Waals surface area contributed by atoms with Gasteiger partial charge in [0.15, 0.2) is 0 Å². The van der Waals surface area contributed by atoms with Crippen molar-refractivity contribution in [1.82, 2.24) is 4.72 Å². The standard InChI is InChI=1S/C16H16N2O4S/c1-10-6-7-11(8-13(10)16(17)19)23(20,21)18-14-9-22-15-5-3-2-4-12(14)15/h2-8,14,18H,9H2,1H3,(H2,17,19). The predicted octanol–water partition coefficient (Wildman–Crippen LogP) is 1.51. The van der Waals surface area contributed by atoms with Gasteiger partial charge in [0.2, 0.25) is 15.9 Å². The highest BCUT2D eigenvalue weighted by Crippen LogP contribution is 2.32. The van der Waals surface area contributed by atoms with Gasteiger partial charge in [-0.1, -0.05) is 24.3 Å². The smallest absolute Gasteiger partial charge is 0.249 e. The van der Waals surface area contributed by atoms with Gasteiger partial charge in [0.25, 0.3) is 0 Å². The zero-order valence-corrected chi connectivity index (χ0v) is 13.3. The number of sulfonamides is 1. The van der Waals surface area contributed by atoms with E-state index in [0.717, 1.165) is 5.56 Å².